The third-order valence-corrected chi connectivity index (χ3v) is 6.25. The molecular formula is C15H30N2O2S. The summed E-state index contributed by atoms with van der Waals surface area (Å²) in [5.74, 6) is 1.24. The Balaban J connectivity index is 1.81. The van der Waals surface area contributed by atoms with Crippen LogP contribution in [0.3, 0.4) is 0 Å². The van der Waals surface area contributed by atoms with E-state index in [2.05, 4.69) is 12.2 Å². The van der Waals surface area contributed by atoms with E-state index in [9.17, 15) is 8.42 Å². The molecule has 0 amide bonds. The maximum atomic E-state index is 11.6. The van der Waals surface area contributed by atoms with Crippen LogP contribution in [0, 0.1) is 11.8 Å². The fourth-order valence-electron chi connectivity index (χ4n) is 3.61. The molecule has 0 aromatic carbocycles. The molecule has 2 rings (SSSR count). The van der Waals surface area contributed by atoms with Crippen LogP contribution in [0.5, 0.6) is 0 Å². The van der Waals surface area contributed by atoms with Gasteiger partial charge in [0.2, 0.25) is 10.0 Å². The number of sulfonamides is 1. The van der Waals surface area contributed by atoms with Crippen LogP contribution in [0.15, 0.2) is 0 Å². The minimum Gasteiger partial charge on any atom is -0.313 e. The van der Waals surface area contributed by atoms with E-state index < -0.39 is 10.0 Å². The molecule has 5 heteroatoms. The molecule has 1 heterocycles. The fraction of sp³-hybridized carbons (Fsp3) is 1.00. The standard InChI is InChI=1S/C15H30N2O2S/c1-13-7-4-3-5-9-15(13)16-11-14-8-6-10-17(12-14)20(2,18)19/h13-16H,3-12H2,1-2H3. The summed E-state index contributed by atoms with van der Waals surface area (Å²) in [6, 6.07) is 0.631. The van der Waals surface area contributed by atoms with Crippen molar-refractivity contribution in [1.29, 1.82) is 0 Å². The van der Waals surface area contributed by atoms with Gasteiger partial charge in [-0.2, -0.15) is 0 Å². The van der Waals surface area contributed by atoms with Crippen LogP contribution in [0.2, 0.25) is 0 Å². The Morgan fingerprint density at radius 3 is 2.60 bits per heavy atom. The topological polar surface area (TPSA) is 49.4 Å². The lowest BCUT2D eigenvalue weighted by atomic mass is 9.94. The van der Waals surface area contributed by atoms with Gasteiger partial charge in [-0.25, -0.2) is 12.7 Å². The molecule has 0 spiro atoms. The predicted molar refractivity (Wildman–Crippen MR) is 83.2 cm³/mol. The summed E-state index contributed by atoms with van der Waals surface area (Å²) in [4.78, 5) is 0. The molecule has 1 saturated carbocycles. The summed E-state index contributed by atoms with van der Waals surface area (Å²) in [6.07, 6.45) is 10.2. The first kappa shape index (κ1) is 16.2. The zero-order valence-corrected chi connectivity index (χ0v) is 13.8. The highest BCUT2D eigenvalue weighted by atomic mass is 32.2. The van der Waals surface area contributed by atoms with E-state index in [0.717, 1.165) is 25.3 Å². The lowest BCUT2D eigenvalue weighted by Gasteiger charge is -2.33. The van der Waals surface area contributed by atoms with Crippen molar-refractivity contribution in [1.82, 2.24) is 9.62 Å². The highest BCUT2D eigenvalue weighted by Gasteiger charge is 2.27. The van der Waals surface area contributed by atoms with Gasteiger partial charge in [-0.15, -0.1) is 0 Å². The number of nitrogens with one attached hydrogen (secondary N) is 1. The van der Waals surface area contributed by atoms with Crippen molar-refractivity contribution in [3.63, 3.8) is 0 Å². The molecule has 20 heavy (non-hydrogen) atoms. The van der Waals surface area contributed by atoms with E-state index in [1.54, 1.807) is 4.31 Å². The number of hydrogen-bond donors (Lipinski definition) is 1. The summed E-state index contributed by atoms with van der Waals surface area (Å²) in [5, 5.41) is 3.73. The van der Waals surface area contributed by atoms with E-state index in [1.165, 1.54) is 38.4 Å². The molecule has 1 N–H and O–H groups in total. The van der Waals surface area contributed by atoms with E-state index in [-0.39, 0.29) is 0 Å². The van der Waals surface area contributed by atoms with E-state index in [0.29, 0.717) is 25.0 Å². The monoisotopic (exact) mass is 302 g/mol. The number of nitrogens with zero attached hydrogens (tertiary/aromatic N) is 1. The van der Waals surface area contributed by atoms with Crippen LogP contribution in [0.1, 0.15) is 51.9 Å². The second-order valence-electron chi connectivity index (χ2n) is 6.76. The molecular weight excluding hydrogens is 272 g/mol. The van der Waals surface area contributed by atoms with Gasteiger partial charge in [0.1, 0.15) is 0 Å². The second-order valence-corrected chi connectivity index (χ2v) is 8.74. The molecule has 118 valence electrons. The van der Waals surface area contributed by atoms with Crippen LogP contribution in [-0.2, 0) is 10.0 Å². The second kappa shape index (κ2) is 7.23. The molecule has 0 radical (unpaired) electrons. The van der Waals surface area contributed by atoms with Gasteiger partial charge in [-0.3, -0.25) is 0 Å². The molecule has 3 unspecified atom stereocenters. The number of piperidine rings is 1. The van der Waals surface area contributed by atoms with Crippen LogP contribution < -0.4 is 5.32 Å². The zero-order valence-electron chi connectivity index (χ0n) is 13.0. The maximum absolute atomic E-state index is 11.6. The Labute approximate surface area is 124 Å². The van der Waals surface area contributed by atoms with Crippen molar-refractivity contribution in [2.24, 2.45) is 11.8 Å². The average molecular weight is 302 g/mol. The quantitative estimate of drug-likeness (QED) is 0.810. The van der Waals surface area contributed by atoms with Gasteiger partial charge < -0.3 is 5.32 Å². The molecule has 2 fully saturated rings. The van der Waals surface area contributed by atoms with E-state index in [4.69, 9.17) is 0 Å². The van der Waals surface area contributed by atoms with E-state index in [1.807, 2.05) is 0 Å². The maximum Gasteiger partial charge on any atom is 0.211 e. The third kappa shape index (κ3) is 4.71. The third-order valence-electron chi connectivity index (χ3n) is 4.98. The largest absolute Gasteiger partial charge is 0.313 e. The van der Waals surface area contributed by atoms with Crippen LogP contribution in [0.25, 0.3) is 0 Å². The first-order chi connectivity index (χ1) is 9.47. The SMILES string of the molecule is CC1CCCCCC1NCC1CCCN(S(C)(=O)=O)C1. The normalized spacial score (nSPS) is 33.8. The minimum absolute atomic E-state index is 0.480. The van der Waals surface area contributed by atoms with E-state index >= 15 is 0 Å². The lowest BCUT2D eigenvalue weighted by Crippen LogP contribution is -2.45. The van der Waals surface area contributed by atoms with Gasteiger partial charge in [0.15, 0.2) is 0 Å². The Bertz CT molecular complexity index is 397. The Morgan fingerprint density at radius 1 is 1.10 bits per heavy atom. The number of hydrogen-bond acceptors (Lipinski definition) is 3. The van der Waals surface area contributed by atoms with Gasteiger partial charge in [-0.1, -0.05) is 26.2 Å². The average Bonchev–Trinajstić information content (AvgIpc) is 2.60. The first-order valence-corrected chi connectivity index (χ1v) is 10.00. The van der Waals surface area contributed by atoms with Crippen molar-refractivity contribution in [2.45, 2.75) is 57.9 Å². The summed E-state index contributed by atoms with van der Waals surface area (Å²) in [6.45, 7) is 4.73. The Hall–Kier alpha value is -0.130. The van der Waals surface area contributed by atoms with Gasteiger partial charge in [0.05, 0.1) is 6.26 Å². The zero-order chi connectivity index (χ0) is 14.6. The predicted octanol–water partition coefficient (Wildman–Crippen LogP) is 2.22. The Kier molecular flexibility index (Phi) is 5.87. The van der Waals surface area contributed by atoms with Crippen molar-refractivity contribution in [3.8, 4) is 0 Å². The number of rotatable bonds is 4. The molecule has 1 aliphatic heterocycles. The summed E-state index contributed by atoms with van der Waals surface area (Å²) in [5.41, 5.74) is 0. The molecule has 0 aromatic heterocycles. The summed E-state index contributed by atoms with van der Waals surface area (Å²) in [7, 11) is -3.01. The van der Waals surface area contributed by atoms with Gasteiger partial charge in [0.25, 0.3) is 0 Å². The van der Waals surface area contributed by atoms with Crippen molar-refractivity contribution in [3.05, 3.63) is 0 Å². The molecule has 0 aromatic rings. The minimum atomic E-state index is -3.01. The molecule has 1 saturated heterocycles. The first-order valence-electron chi connectivity index (χ1n) is 8.15. The summed E-state index contributed by atoms with van der Waals surface area (Å²) < 4.78 is 24.9. The van der Waals surface area contributed by atoms with Crippen LogP contribution in [0.4, 0.5) is 0 Å². The van der Waals surface area contributed by atoms with Crippen molar-refractivity contribution in [2.75, 3.05) is 25.9 Å². The van der Waals surface area contributed by atoms with Gasteiger partial charge in [-0.05, 0) is 44.1 Å². The van der Waals surface area contributed by atoms with Crippen LogP contribution >= 0.6 is 0 Å². The van der Waals surface area contributed by atoms with Crippen molar-refractivity contribution < 1.29 is 8.42 Å². The lowest BCUT2D eigenvalue weighted by molar-refractivity contribution is 0.243. The van der Waals surface area contributed by atoms with Gasteiger partial charge >= 0.3 is 0 Å². The smallest absolute Gasteiger partial charge is 0.211 e. The molecule has 4 nitrogen and oxygen atoms in total. The summed E-state index contributed by atoms with van der Waals surface area (Å²) >= 11 is 0. The molecule has 1 aliphatic carbocycles. The molecule has 2 aliphatic rings. The fourth-order valence-corrected chi connectivity index (χ4v) is 4.55. The highest BCUT2D eigenvalue weighted by molar-refractivity contribution is 7.88. The van der Waals surface area contributed by atoms with Crippen molar-refractivity contribution >= 4 is 10.0 Å². The molecule has 0 bridgehead atoms. The highest BCUT2D eigenvalue weighted by Crippen LogP contribution is 2.24. The van der Waals surface area contributed by atoms with Crippen LogP contribution in [-0.4, -0.2) is 44.7 Å². The Morgan fingerprint density at radius 2 is 1.85 bits per heavy atom. The van der Waals surface area contributed by atoms with Gasteiger partial charge in [0, 0.05) is 19.1 Å². The molecule has 3 atom stereocenters.